The SMILES string of the molecule is CC.CC.CCn1cc(Cc2cn(C)nc2C)c(Cl)n1. The van der Waals surface area contributed by atoms with E-state index in [1.165, 1.54) is 5.56 Å². The van der Waals surface area contributed by atoms with Crippen LogP contribution in [0, 0.1) is 6.92 Å². The fourth-order valence-electron chi connectivity index (χ4n) is 1.75. The third-order valence-corrected chi connectivity index (χ3v) is 2.92. The van der Waals surface area contributed by atoms with Crippen molar-refractivity contribution in [3.63, 3.8) is 0 Å². The monoisotopic (exact) mass is 298 g/mol. The van der Waals surface area contributed by atoms with Crippen molar-refractivity contribution in [3.8, 4) is 0 Å². The Hall–Kier alpha value is -1.29. The highest BCUT2D eigenvalue weighted by Gasteiger charge is 2.10. The Balaban J connectivity index is 0.000000829. The predicted octanol–water partition coefficient (Wildman–Crippen LogP) is 4.24. The van der Waals surface area contributed by atoms with Crippen LogP contribution < -0.4 is 0 Å². The van der Waals surface area contributed by atoms with Gasteiger partial charge >= 0.3 is 0 Å². The lowest BCUT2D eigenvalue weighted by molar-refractivity contribution is 0.659. The van der Waals surface area contributed by atoms with Crippen LogP contribution in [-0.4, -0.2) is 19.6 Å². The lowest BCUT2D eigenvalue weighted by atomic mass is 10.1. The summed E-state index contributed by atoms with van der Waals surface area (Å²) in [5.41, 5.74) is 3.29. The van der Waals surface area contributed by atoms with Gasteiger partial charge in [-0.2, -0.15) is 10.2 Å². The first-order chi connectivity index (χ1) is 9.60. The third kappa shape index (κ3) is 5.00. The number of hydrogen-bond acceptors (Lipinski definition) is 2. The zero-order valence-corrected chi connectivity index (χ0v) is 14.5. The molecule has 0 unspecified atom stereocenters. The molecule has 0 atom stereocenters. The van der Waals surface area contributed by atoms with Gasteiger partial charge in [-0.05, 0) is 19.4 Å². The quantitative estimate of drug-likeness (QED) is 0.849. The van der Waals surface area contributed by atoms with E-state index >= 15 is 0 Å². The van der Waals surface area contributed by atoms with E-state index in [-0.39, 0.29) is 0 Å². The van der Waals surface area contributed by atoms with E-state index in [4.69, 9.17) is 11.6 Å². The average Bonchev–Trinajstić information content (AvgIpc) is 2.98. The number of halogens is 1. The summed E-state index contributed by atoms with van der Waals surface area (Å²) in [4.78, 5) is 0. The van der Waals surface area contributed by atoms with Crippen molar-refractivity contribution < 1.29 is 0 Å². The van der Waals surface area contributed by atoms with Gasteiger partial charge in [0.1, 0.15) is 0 Å². The molecule has 0 aliphatic rings. The van der Waals surface area contributed by atoms with Gasteiger partial charge in [-0.25, -0.2) is 0 Å². The van der Waals surface area contributed by atoms with Gasteiger partial charge in [0, 0.05) is 38.0 Å². The summed E-state index contributed by atoms with van der Waals surface area (Å²) in [6.45, 7) is 12.9. The minimum absolute atomic E-state index is 0.588. The molecule has 20 heavy (non-hydrogen) atoms. The number of aromatic nitrogens is 4. The van der Waals surface area contributed by atoms with Crippen LogP contribution in [0.1, 0.15) is 51.4 Å². The molecule has 4 nitrogen and oxygen atoms in total. The van der Waals surface area contributed by atoms with Crippen molar-refractivity contribution in [3.05, 3.63) is 34.4 Å². The maximum atomic E-state index is 6.07. The standard InChI is InChI=1S/C11H15ClN4.2C2H6/c1-4-16-7-10(11(12)14-16)5-9-6-15(3)13-8(9)2;2*1-2/h6-7H,4-5H2,1-3H3;2*1-2H3. The van der Waals surface area contributed by atoms with Crippen molar-refractivity contribution in [2.75, 3.05) is 0 Å². The first-order valence-electron chi connectivity index (χ1n) is 7.31. The number of aryl methyl sites for hydroxylation is 3. The first-order valence-corrected chi connectivity index (χ1v) is 7.69. The van der Waals surface area contributed by atoms with Crippen molar-refractivity contribution in [1.29, 1.82) is 0 Å². The van der Waals surface area contributed by atoms with E-state index < -0.39 is 0 Å². The molecule has 2 rings (SSSR count). The molecular formula is C15H27ClN4. The van der Waals surface area contributed by atoms with E-state index in [1.54, 1.807) is 0 Å². The average molecular weight is 299 g/mol. The van der Waals surface area contributed by atoms with E-state index in [0.29, 0.717) is 5.15 Å². The summed E-state index contributed by atoms with van der Waals surface area (Å²) in [6, 6.07) is 0. The largest absolute Gasteiger partial charge is 0.275 e. The van der Waals surface area contributed by atoms with Gasteiger partial charge in [0.25, 0.3) is 0 Å². The fourth-order valence-corrected chi connectivity index (χ4v) is 1.96. The van der Waals surface area contributed by atoms with Crippen LogP contribution in [0.2, 0.25) is 5.15 Å². The molecule has 0 aliphatic carbocycles. The molecule has 5 heteroatoms. The molecule has 0 amide bonds. The van der Waals surface area contributed by atoms with Crippen LogP contribution in [0.25, 0.3) is 0 Å². The lowest BCUT2D eigenvalue weighted by Gasteiger charge is -1.95. The van der Waals surface area contributed by atoms with Gasteiger partial charge in [-0.3, -0.25) is 9.36 Å². The van der Waals surface area contributed by atoms with Crippen molar-refractivity contribution >= 4 is 11.6 Å². The molecule has 114 valence electrons. The van der Waals surface area contributed by atoms with Crippen LogP contribution in [-0.2, 0) is 20.0 Å². The molecule has 2 heterocycles. The van der Waals surface area contributed by atoms with E-state index in [0.717, 1.165) is 24.2 Å². The molecule has 0 fully saturated rings. The Bertz CT molecular complexity index is 500. The van der Waals surface area contributed by atoms with Gasteiger partial charge in [0.15, 0.2) is 5.15 Å². The second-order valence-electron chi connectivity index (χ2n) is 3.89. The van der Waals surface area contributed by atoms with Gasteiger partial charge in [0.05, 0.1) is 5.69 Å². The summed E-state index contributed by atoms with van der Waals surface area (Å²) >= 11 is 6.07. The Morgan fingerprint density at radius 1 is 1.05 bits per heavy atom. The summed E-state index contributed by atoms with van der Waals surface area (Å²) in [7, 11) is 1.92. The number of rotatable bonds is 3. The molecule has 2 aromatic heterocycles. The molecule has 0 radical (unpaired) electrons. The topological polar surface area (TPSA) is 35.6 Å². The maximum absolute atomic E-state index is 6.07. The highest BCUT2D eigenvalue weighted by molar-refractivity contribution is 6.30. The van der Waals surface area contributed by atoms with E-state index in [2.05, 4.69) is 10.2 Å². The van der Waals surface area contributed by atoms with Crippen molar-refractivity contribution in [2.45, 2.75) is 54.5 Å². The second-order valence-corrected chi connectivity index (χ2v) is 4.25. The minimum Gasteiger partial charge on any atom is -0.275 e. The van der Waals surface area contributed by atoms with Gasteiger partial charge in [-0.15, -0.1) is 0 Å². The molecular weight excluding hydrogens is 272 g/mol. The Labute approximate surface area is 127 Å². The molecule has 0 aliphatic heterocycles. The summed E-state index contributed by atoms with van der Waals surface area (Å²) in [5.74, 6) is 0. The molecule has 0 N–H and O–H groups in total. The Kier molecular flexibility index (Phi) is 8.97. The van der Waals surface area contributed by atoms with Crippen LogP contribution in [0.5, 0.6) is 0 Å². The lowest BCUT2D eigenvalue weighted by Crippen LogP contribution is -1.92. The van der Waals surface area contributed by atoms with Crippen LogP contribution in [0.15, 0.2) is 12.4 Å². The summed E-state index contributed by atoms with van der Waals surface area (Å²) < 4.78 is 3.67. The van der Waals surface area contributed by atoms with Crippen LogP contribution in [0.3, 0.4) is 0 Å². The van der Waals surface area contributed by atoms with Gasteiger partial charge in [-0.1, -0.05) is 39.3 Å². The molecule has 0 spiro atoms. The first kappa shape index (κ1) is 18.7. The third-order valence-electron chi connectivity index (χ3n) is 2.61. The smallest absolute Gasteiger partial charge is 0.154 e. The van der Waals surface area contributed by atoms with Crippen LogP contribution >= 0.6 is 11.6 Å². The van der Waals surface area contributed by atoms with Crippen molar-refractivity contribution in [1.82, 2.24) is 19.6 Å². The molecule has 0 saturated carbocycles. The Morgan fingerprint density at radius 2 is 1.65 bits per heavy atom. The predicted molar refractivity (Wildman–Crippen MR) is 86.4 cm³/mol. The Morgan fingerprint density at radius 3 is 2.05 bits per heavy atom. The fraction of sp³-hybridized carbons (Fsp3) is 0.600. The van der Waals surface area contributed by atoms with Crippen LogP contribution in [0.4, 0.5) is 0 Å². The highest BCUT2D eigenvalue weighted by atomic mass is 35.5. The van der Waals surface area contributed by atoms with E-state index in [9.17, 15) is 0 Å². The molecule has 2 aromatic rings. The molecule has 0 bridgehead atoms. The number of nitrogens with zero attached hydrogens (tertiary/aromatic N) is 4. The minimum atomic E-state index is 0.588. The summed E-state index contributed by atoms with van der Waals surface area (Å²) in [6.07, 6.45) is 4.81. The van der Waals surface area contributed by atoms with Crippen molar-refractivity contribution in [2.24, 2.45) is 7.05 Å². The highest BCUT2D eigenvalue weighted by Crippen LogP contribution is 2.19. The zero-order chi connectivity index (χ0) is 15.7. The maximum Gasteiger partial charge on any atom is 0.154 e. The number of hydrogen-bond donors (Lipinski definition) is 0. The molecule has 0 saturated heterocycles. The normalized spacial score (nSPS) is 9.40. The summed E-state index contributed by atoms with van der Waals surface area (Å²) in [5, 5.41) is 9.11. The van der Waals surface area contributed by atoms with Gasteiger partial charge in [0.2, 0.25) is 0 Å². The second kappa shape index (κ2) is 9.59. The zero-order valence-electron chi connectivity index (χ0n) is 13.7. The molecule has 0 aromatic carbocycles. The van der Waals surface area contributed by atoms with E-state index in [1.807, 2.05) is 70.3 Å². The van der Waals surface area contributed by atoms with Gasteiger partial charge < -0.3 is 0 Å².